The summed E-state index contributed by atoms with van der Waals surface area (Å²) in [7, 11) is 0. The van der Waals surface area contributed by atoms with Crippen LogP contribution < -0.4 is 0 Å². The number of carbonyl (C=O) groups is 2. The average Bonchev–Trinajstić information content (AvgIpc) is 2.75. The number of fused-ring (bicyclic) bond motifs is 2. The van der Waals surface area contributed by atoms with Crippen LogP contribution in [0.5, 0.6) is 0 Å². The monoisotopic (exact) mass is 331 g/mol. The SMILES string of the molecule is Cc1cncc(C(=O)C2CC3CCC(C2)N3C(=O)OC(C)(C)C)n1. The predicted molar refractivity (Wildman–Crippen MR) is 88.7 cm³/mol. The first-order chi connectivity index (χ1) is 11.2. The van der Waals surface area contributed by atoms with Crippen LogP contribution >= 0.6 is 0 Å². The third-order valence-corrected chi connectivity index (χ3v) is 4.72. The summed E-state index contributed by atoms with van der Waals surface area (Å²) >= 11 is 0. The van der Waals surface area contributed by atoms with Gasteiger partial charge in [-0.3, -0.25) is 9.78 Å². The molecule has 2 fully saturated rings. The second-order valence-electron chi connectivity index (χ2n) is 7.85. The fourth-order valence-electron chi connectivity index (χ4n) is 3.80. The Morgan fingerprint density at radius 1 is 1.17 bits per heavy atom. The Bertz CT molecular complexity index is 639. The van der Waals surface area contributed by atoms with Crippen LogP contribution in [-0.4, -0.2) is 44.4 Å². The molecule has 6 heteroatoms. The zero-order valence-corrected chi connectivity index (χ0v) is 14.8. The lowest BCUT2D eigenvalue weighted by Gasteiger charge is -2.38. The van der Waals surface area contributed by atoms with Crippen LogP contribution in [0.15, 0.2) is 12.4 Å². The van der Waals surface area contributed by atoms with E-state index in [1.54, 1.807) is 6.20 Å². The van der Waals surface area contributed by atoms with E-state index in [1.807, 2.05) is 32.6 Å². The van der Waals surface area contributed by atoms with Crippen molar-refractivity contribution in [3.8, 4) is 0 Å². The molecule has 0 aliphatic carbocycles. The number of aryl methyl sites for hydroxylation is 1. The van der Waals surface area contributed by atoms with E-state index in [1.165, 1.54) is 6.20 Å². The number of aromatic nitrogens is 2. The maximum absolute atomic E-state index is 12.7. The number of hydrogen-bond donors (Lipinski definition) is 0. The maximum atomic E-state index is 12.7. The van der Waals surface area contributed by atoms with Crippen molar-refractivity contribution in [2.75, 3.05) is 0 Å². The number of carbonyl (C=O) groups excluding carboxylic acids is 2. The zero-order valence-electron chi connectivity index (χ0n) is 14.8. The van der Waals surface area contributed by atoms with Gasteiger partial charge in [-0.2, -0.15) is 0 Å². The Hall–Kier alpha value is -1.98. The van der Waals surface area contributed by atoms with Gasteiger partial charge < -0.3 is 9.64 Å². The maximum Gasteiger partial charge on any atom is 0.410 e. The van der Waals surface area contributed by atoms with E-state index in [2.05, 4.69) is 9.97 Å². The third-order valence-electron chi connectivity index (χ3n) is 4.72. The number of ether oxygens (including phenoxy) is 1. The Morgan fingerprint density at radius 2 is 1.79 bits per heavy atom. The predicted octanol–water partition coefficient (Wildman–Crippen LogP) is 3.15. The van der Waals surface area contributed by atoms with Gasteiger partial charge in [0.15, 0.2) is 5.78 Å². The molecule has 0 aromatic carbocycles. The van der Waals surface area contributed by atoms with Crippen molar-refractivity contribution in [2.24, 2.45) is 5.92 Å². The molecule has 2 aliphatic heterocycles. The largest absolute Gasteiger partial charge is 0.444 e. The normalized spacial score (nSPS) is 26.3. The second-order valence-corrected chi connectivity index (χ2v) is 7.85. The molecule has 24 heavy (non-hydrogen) atoms. The van der Waals surface area contributed by atoms with Gasteiger partial charge in [0, 0.05) is 24.2 Å². The van der Waals surface area contributed by atoms with Gasteiger partial charge in [0.05, 0.1) is 11.9 Å². The highest BCUT2D eigenvalue weighted by Gasteiger charge is 2.46. The molecule has 1 amide bonds. The average molecular weight is 331 g/mol. The van der Waals surface area contributed by atoms with Gasteiger partial charge in [-0.25, -0.2) is 9.78 Å². The fraction of sp³-hybridized carbons (Fsp3) is 0.667. The molecule has 130 valence electrons. The standard InChI is InChI=1S/C18H25N3O3/c1-11-9-19-10-15(20-11)16(22)12-7-13-5-6-14(8-12)21(13)17(23)24-18(2,3)4/h9-10,12-14H,5-8H2,1-4H3. The van der Waals surface area contributed by atoms with Crippen LogP contribution in [0.3, 0.4) is 0 Å². The lowest BCUT2D eigenvalue weighted by Crippen LogP contribution is -2.49. The van der Waals surface area contributed by atoms with Crippen molar-refractivity contribution in [2.45, 2.75) is 71.1 Å². The molecule has 2 aliphatic rings. The molecular weight excluding hydrogens is 306 g/mol. The van der Waals surface area contributed by atoms with Crippen LogP contribution in [0.4, 0.5) is 4.79 Å². The molecule has 2 atom stereocenters. The Morgan fingerprint density at radius 3 is 2.33 bits per heavy atom. The van der Waals surface area contributed by atoms with Gasteiger partial charge in [0.25, 0.3) is 0 Å². The molecule has 0 saturated carbocycles. The lowest BCUT2D eigenvalue weighted by molar-refractivity contribution is 0.00250. The highest BCUT2D eigenvalue weighted by Crippen LogP contribution is 2.40. The first kappa shape index (κ1) is 16.9. The quantitative estimate of drug-likeness (QED) is 0.778. The topological polar surface area (TPSA) is 72.4 Å². The van der Waals surface area contributed by atoms with Crippen molar-refractivity contribution in [1.29, 1.82) is 0 Å². The molecule has 0 radical (unpaired) electrons. The van der Waals surface area contributed by atoms with E-state index < -0.39 is 5.60 Å². The smallest absolute Gasteiger partial charge is 0.410 e. The summed E-state index contributed by atoms with van der Waals surface area (Å²) < 4.78 is 5.53. The molecule has 2 unspecified atom stereocenters. The fourth-order valence-corrected chi connectivity index (χ4v) is 3.80. The van der Waals surface area contributed by atoms with Crippen molar-refractivity contribution in [3.63, 3.8) is 0 Å². The van der Waals surface area contributed by atoms with Crippen LogP contribution in [0.2, 0.25) is 0 Å². The highest BCUT2D eigenvalue weighted by molar-refractivity contribution is 5.96. The molecule has 6 nitrogen and oxygen atoms in total. The number of Topliss-reactive ketones (excluding diaryl/α,β-unsaturated/α-hetero) is 1. The van der Waals surface area contributed by atoms with Gasteiger partial charge in [0.2, 0.25) is 0 Å². The zero-order chi connectivity index (χ0) is 17.5. The van der Waals surface area contributed by atoms with E-state index in [-0.39, 0.29) is 29.9 Å². The minimum absolute atomic E-state index is 0.0481. The van der Waals surface area contributed by atoms with Gasteiger partial charge in [-0.1, -0.05) is 0 Å². The third kappa shape index (κ3) is 3.42. The molecule has 0 spiro atoms. The number of hydrogen-bond acceptors (Lipinski definition) is 5. The van der Waals surface area contributed by atoms with Crippen molar-refractivity contribution in [3.05, 3.63) is 23.8 Å². The number of rotatable bonds is 2. The lowest BCUT2D eigenvalue weighted by atomic mass is 9.86. The van der Waals surface area contributed by atoms with Crippen molar-refractivity contribution < 1.29 is 14.3 Å². The summed E-state index contributed by atoms with van der Waals surface area (Å²) in [6.07, 6.45) is 6.17. The van der Waals surface area contributed by atoms with E-state index in [0.29, 0.717) is 18.5 Å². The molecule has 1 aromatic rings. The molecule has 1 aromatic heterocycles. The summed E-state index contributed by atoms with van der Waals surface area (Å²) in [5.41, 5.74) is 0.681. The van der Waals surface area contributed by atoms with Gasteiger partial charge in [0.1, 0.15) is 11.3 Å². The first-order valence-corrected chi connectivity index (χ1v) is 8.59. The van der Waals surface area contributed by atoms with E-state index in [4.69, 9.17) is 4.74 Å². The van der Waals surface area contributed by atoms with Crippen LogP contribution in [0.25, 0.3) is 0 Å². The number of amides is 1. The molecule has 2 saturated heterocycles. The minimum Gasteiger partial charge on any atom is -0.444 e. The summed E-state index contributed by atoms with van der Waals surface area (Å²) in [6, 6.07) is 0.177. The van der Waals surface area contributed by atoms with Gasteiger partial charge in [-0.05, 0) is 53.4 Å². The Labute approximate surface area is 142 Å². The van der Waals surface area contributed by atoms with E-state index in [0.717, 1.165) is 18.5 Å². The number of piperidine rings is 1. The molecule has 3 heterocycles. The van der Waals surface area contributed by atoms with Crippen LogP contribution in [-0.2, 0) is 4.74 Å². The summed E-state index contributed by atoms with van der Waals surface area (Å²) in [4.78, 5) is 35.4. The molecule has 3 rings (SSSR count). The second kappa shape index (κ2) is 6.15. The molecule has 2 bridgehead atoms. The van der Waals surface area contributed by atoms with Crippen LogP contribution in [0, 0.1) is 12.8 Å². The summed E-state index contributed by atoms with van der Waals surface area (Å²) in [5, 5.41) is 0. The summed E-state index contributed by atoms with van der Waals surface area (Å²) in [5.74, 6) is -0.0378. The summed E-state index contributed by atoms with van der Waals surface area (Å²) in [6.45, 7) is 7.46. The van der Waals surface area contributed by atoms with Gasteiger partial charge >= 0.3 is 6.09 Å². The first-order valence-electron chi connectivity index (χ1n) is 8.59. The molecular formula is C18H25N3O3. The van der Waals surface area contributed by atoms with Crippen molar-refractivity contribution in [1.82, 2.24) is 14.9 Å². The number of ketones is 1. The molecule has 0 N–H and O–H groups in total. The number of nitrogens with zero attached hydrogens (tertiary/aromatic N) is 3. The highest BCUT2D eigenvalue weighted by atomic mass is 16.6. The van der Waals surface area contributed by atoms with Gasteiger partial charge in [-0.15, -0.1) is 0 Å². The Kier molecular flexibility index (Phi) is 4.32. The Balaban J connectivity index is 1.71. The van der Waals surface area contributed by atoms with E-state index in [9.17, 15) is 9.59 Å². The van der Waals surface area contributed by atoms with E-state index >= 15 is 0 Å². The van der Waals surface area contributed by atoms with Crippen molar-refractivity contribution >= 4 is 11.9 Å². The van der Waals surface area contributed by atoms with Crippen LogP contribution in [0.1, 0.15) is 62.6 Å². The minimum atomic E-state index is -0.500.